The monoisotopic (exact) mass is 621 g/mol. The summed E-state index contributed by atoms with van der Waals surface area (Å²) >= 11 is 0. The highest BCUT2D eigenvalue weighted by atomic mass is 16.5. The molecule has 1 aliphatic heterocycles. The summed E-state index contributed by atoms with van der Waals surface area (Å²) in [4.78, 5) is 13.8. The normalized spacial score (nSPS) is 45.7. The molecule has 9 nitrogen and oxygen atoms in total. The summed E-state index contributed by atoms with van der Waals surface area (Å²) in [5.74, 6) is -0.323. The van der Waals surface area contributed by atoms with Crippen LogP contribution in [0.5, 0.6) is 0 Å². The molecule has 0 aromatic carbocycles. The molecule has 0 spiro atoms. The summed E-state index contributed by atoms with van der Waals surface area (Å²) in [5.41, 5.74) is -2.88. The molecular weight excluding hydrogens is 562 g/mol. The van der Waals surface area contributed by atoms with Crippen LogP contribution in [0.3, 0.4) is 0 Å². The van der Waals surface area contributed by atoms with Crippen LogP contribution in [0.25, 0.3) is 0 Å². The van der Waals surface area contributed by atoms with E-state index in [0.29, 0.717) is 38.9 Å². The van der Waals surface area contributed by atoms with Crippen LogP contribution in [0.15, 0.2) is 11.6 Å². The SMILES string of the molecule is CNCCC1C(C)C(CO)OC1C(O)C(C)(O)C1CCC2(O)C3=CC(=O)C4CC(OCCCOC)CCC4(C)C3CCC12C. The Labute approximate surface area is 264 Å². The fourth-order valence-electron chi connectivity index (χ4n) is 10.6. The van der Waals surface area contributed by atoms with Gasteiger partial charge >= 0.3 is 0 Å². The zero-order chi connectivity index (χ0) is 32.1. The zero-order valence-electron chi connectivity index (χ0n) is 27.9. The molecule has 0 amide bonds. The van der Waals surface area contributed by atoms with Gasteiger partial charge in [-0.3, -0.25) is 4.79 Å². The van der Waals surface area contributed by atoms with Gasteiger partial charge in [0, 0.05) is 31.7 Å². The number of hydrogen-bond acceptors (Lipinski definition) is 9. The number of fused-ring (bicyclic) bond motifs is 5. The maximum absolute atomic E-state index is 13.8. The van der Waals surface area contributed by atoms with Gasteiger partial charge in [0.05, 0.1) is 36.1 Å². The maximum Gasteiger partial charge on any atom is 0.159 e. The third-order valence-corrected chi connectivity index (χ3v) is 13.4. The molecule has 252 valence electrons. The first-order valence-corrected chi connectivity index (χ1v) is 17.2. The predicted octanol–water partition coefficient (Wildman–Crippen LogP) is 3.01. The van der Waals surface area contributed by atoms with Crippen molar-refractivity contribution in [3.05, 3.63) is 11.6 Å². The van der Waals surface area contributed by atoms with E-state index in [-0.39, 0.29) is 47.6 Å². The fourth-order valence-corrected chi connectivity index (χ4v) is 10.6. The van der Waals surface area contributed by atoms with Gasteiger partial charge in [0.15, 0.2) is 5.78 Å². The van der Waals surface area contributed by atoms with Crippen LogP contribution in [0.4, 0.5) is 0 Å². The number of aliphatic hydroxyl groups is 4. The van der Waals surface area contributed by atoms with E-state index in [0.717, 1.165) is 44.2 Å². The number of hydrogen-bond donors (Lipinski definition) is 5. The second-order valence-corrected chi connectivity index (χ2v) is 15.5. The quantitative estimate of drug-likeness (QED) is 0.208. The molecule has 0 radical (unpaired) electrons. The summed E-state index contributed by atoms with van der Waals surface area (Å²) in [5, 5.41) is 49.9. The summed E-state index contributed by atoms with van der Waals surface area (Å²) in [7, 11) is 3.58. The van der Waals surface area contributed by atoms with Crippen molar-refractivity contribution in [2.45, 2.75) is 121 Å². The van der Waals surface area contributed by atoms with E-state index in [1.165, 1.54) is 0 Å². The lowest BCUT2D eigenvalue weighted by atomic mass is 9.46. The fraction of sp³-hybridized carbons (Fsp3) is 0.914. The highest BCUT2D eigenvalue weighted by molar-refractivity contribution is 5.95. The standard InChI is InChI=1S/C35H59NO8/c1-21-23(11-15-36-5)30(44-28(21)20-37)31(39)34(4,40)29-10-14-35(41)25-19-27(38)26-18-22(43-17-7-16-42-6)8-12-32(26,2)24(25)9-13-33(29,35)3/h19,21-24,26,28-31,36-37,39-41H,7-18,20H2,1-6H3. The Morgan fingerprint density at radius 1 is 1.16 bits per heavy atom. The second-order valence-electron chi connectivity index (χ2n) is 15.5. The molecule has 4 fully saturated rings. The molecule has 3 saturated carbocycles. The minimum atomic E-state index is -1.54. The van der Waals surface area contributed by atoms with Crippen molar-refractivity contribution in [3.63, 3.8) is 0 Å². The highest BCUT2D eigenvalue weighted by Crippen LogP contribution is 2.69. The average Bonchev–Trinajstić information content (AvgIpc) is 3.47. The number of ether oxygens (including phenoxy) is 3. The number of rotatable bonds is 12. The number of nitrogens with one attached hydrogen (secondary N) is 1. The van der Waals surface area contributed by atoms with Crippen molar-refractivity contribution < 1.29 is 39.4 Å². The zero-order valence-corrected chi connectivity index (χ0v) is 27.9. The lowest BCUT2D eigenvalue weighted by Crippen LogP contribution is -2.63. The van der Waals surface area contributed by atoms with Crippen molar-refractivity contribution in [1.82, 2.24) is 5.32 Å². The molecule has 1 saturated heterocycles. The van der Waals surface area contributed by atoms with Crippen LogP contribution in [0, 0.1) is 40.4 Å². The molecule has 0 bridgehead atoms. The van der Waals surface area contributed by atoms with Gasteiger partial charge < -0.3 is 40.0 Å². The average molecular weight is 622 g/mol. The van der Waals surface area contributed by atoms with E-state index in [4.69, 9.17) is 14.2 Å². The van der Waals surface area contributed by atoms with Crippen molar-refractivity contribution in [2.24, 2.45) is 40.4 Å². The largest absolute Gasteiger partial charge is 0.394 e. The van der Waals surface area contributed by atoms with E-state index in [1.54, 1.807) is 20.1 Å². The van der Waals surface area contributed by atoms with Gasteiger partial charge in [0.2, 0.25) is 0 Å². The third kappa shape index (κ3) is 5.45. The Hall–Kier alpha value is -0.910. The summed E-state index contributed by atoms with van der Waals surface area (Å²) in [6, 6.07) is 0. The van der Waals surface area contributed by atoms with Gasteiger partial charge in [-0.05, 0) is 119 Å². The van der Waals surface area contributed by atoms with Gasteiger partial charge in [-0.2, -0.15) is 0 Å². The molecule has 13 unspecified atom stereocenters. The molecule has 44 heavy (non-hydrogen) atoms. The molecule has 0 aromatic heterocycles. The van der Waals surface area contributed by atoms with Crippen LogP contribution in [-0.4, -0.2) is 102 Å². The molecule has 5 N–H and O–H groups in total. The first-order chi connectivity index (χ1) is 20.8. The van der Waals surface area contributed by atoms with Crippen molar-refractivity contribution in [2.75, 3.05) is 40.5 Å². The molecule has 5 aliphatic rings. The van der Waals surface area contributed by atoms with Gasteiger partial charge in [-0.25, -0.2) is 0 Å². The van der Waals surface area contributed by atoms with Crippen LogP contribution in [0.1, 0.15) is 85.5 Å². The lowest BCUT2D eigenvalue weighted by molar-refractivity contribution is -0.198. The van der Waals surface area contributed by atoms with Crippen molar-refractivity contribution in [1.29, 1.82) is 0 Å². The minimum Gasteiger partial charge on any atom is -0.394 e. The second kappa shape index (κ2) is 12.9. The first kappa shape index (κ1) is 34.4. The number of aliphatic hydroxyl groups excluding tert-OH is 2. The smallest absolute Gasteiger partial charge is 0.159 e. The van der Waals surface area contributed by atoms with E-state index in [1.807, 2.05) is 14.0 Å². The molecule has 13 atom stereocenters. The Morgan fingerprint density at radius 3 is 2.59 bits per heavy atom. The number of allylic oxidation sites excluding steroid dienone is 1. The molecule has 0 aromatic rings. The Kier molecular flexibility index (Phi) is 10.1. The summed E-state index contributed by atoms with van der Waals surface area (Å²) in [6.07, 6.45) is 6.24. The van der Waals surface area contributed by atoms with E-state index in [2.05, 4.69) is 19.2 Å². The van der Waals surface area contributed by atoms with Gasteiger partial charge in [-0.15, -0.1) is 0 Å². The number of methoxy groups -OCH3 is 1. The first-order valence-electron chi connectivity index (χ1n) is 17.2. The van der Waals surface area contributed by atoms with Gasteiger partial charge in [0.25, 0.3) is 0 Å². The van der Waals surface area contributed by atoms with Crippen LogP contribution in [-0.2, 0) is 19.0 Å². The number of ketones is 1. The van der Waals surface area contributed by atoms with E-state index >= 15 is 0 Å². The van der Waals surface area contributed by atoms with Crippen LogP contribution < -0.4 is 5.32 Å². The maximum atomic E-state index is 13.8. The topological polar surface area (TPSA) is 138 Å². The van der Waals surface area contributed by atoms with Crippen LogP contribution >= 0.6 is 0 Å². The van der Waals surface area contributed by atoms with Crippen molar-refractivity contribution in [3.8, 4) is 0 Å². The van der Waals surface area contributed by atoms with E-state index < -0.39 is 40.8 Å². The number of carbonyl (C=O) groups excluding carboxylic acids is 1. The van der Waals surface area contributed by atoms with Gasteiger partial charge in [-0.1, -0.05) is 20.8 Å². The highest BCUT2D eigenvalue weighted by Gasteiger charge is 2.69. The molecule has 5 rings (SSSR count). The molecule has 1 heterocycles. The third-order valence-electron chi connectivity index (χ3n) is 13.4. The van der Waals surface area contributed by atoms with Crippen LogP contribution in [0.2, 0.25) is 0 Å². The van der Waals surface area contributed by atoms with Crippen molar-refractivity contribution >= 4 is 5.78 Å². The Morgan fingerprint density at radius 2 is 1.91 bits per heavy atom. The lowest BCUT2D eigenvalue weighted by Gasteiger charge is -2.60. The predicted molar refractivity (Wildman–Crippen MR) is 167 cm³/mol. The summed E-state index contributed by atoms with van der Waals surface area (Å²) < 4.78 is 17.5. The number of carbonyl (C=O) groups is 1. The summed E-state index contributed by atoms with van der Waals surface area (Å²) in [6.45, 7) is 9.95. The Bertz CT molecular complexity index is 1070. The molecule has 4 aliphatic carbocycles. The molecule has 9 heteroatoms. The van der Waals surface area contributed by atoms with Gasteiger partial charge in [0.1, 0.15) is 6.10 Å². The minimum absolute atomic E-state index is 0.0282. The molecular formula is C35H59NO8. The van der Waals surface area contributed by atoms with E-state index in [9.17, 15) is 25.2 Å². The Balaban J connectivity index is 1.37.